The van der Waals surface area contributed by atoms with Gasteiger partial charge in [-0.15, -0.1) is 0 Å². The van der Waals surface area contributed by atoms with E-state index in [9.17, 15) is 4.39 Å². The zero-order chi connectivity index (χ0) is 14.1. The van der Waals surface area contributed by atoms with E-state index >= 15 is 0 Å². The lowest BCUT2D eigenvalue weighted by atomic mass is 9.79. The Morgan fingerprint density at radius 1 is 1.05 bits per heavy atom. The van der Waals surface area contributed by atoms with Crippen LogP contribution in [0.5, 0.6) is 0 Å². The molecular formula is C15H15BFNO2. The molecule has 0 saturated carbocycles. The number of hydrogen-bond donors (Lipinski definition) is 2. The van der Waals surface area contributed by atoms with Crippen molar-refractivity contribution in [3.8, 4) is 0 Å². The van der Waals surface area contributed by atoms with E-state index < -0.39 is 12.9 Å². The van der Waals surface area contributed by atoms with Gasteiger partial charge in [-0.3, -0.25) is 4.90 Å². The molecule has 0 atom stereocenters. The predicted molar refractivity (Wildman–Crippen MR) is 75.6 cm³/mol. The van der Waals surface area contributed by atoms with Crippen LogP contribution in [0.3, 0.4) is 0 Å². The molecule has 0 saturated heterocycles. The van der Waals surface area contributed by atoms with Crippen molar-refractivity contribution >= 4 is 12.6 Å². The number of fused-ring (bicyclic) bond motifs is 1. The highest BCUT2D eigenvalue weighted by molar-refractivity contribution is 6.58. The smallest absolute Gasteiger partial charge is 0.423 e. The molecule has 2 aromatic carbocycles. The van der Waals surface area contributed by atoms with Gasteiger partial charge in [-0.25, -0.2) is 4.39 Å². The van der Waals surface area contributed by atoms with Crippen LogP contribution in [0.1, 0.15) is 16.7 Å². The Hall–Kier alpha value is -1.69. The normalized spacial score (nSPS) is 14.3. The van der Waals surface area contributed by atoms with Gasteiger partial charge in [0.15, 0.2) is 0 Å². The highest BCUT2D eigenvalue weighted by atomic mass is 19.1. The molecule has 3 nitrogen and oxygen atoms in total. The first kappa shape index (κ1) is 13.3. The van der Waals surface area contributed by atoms with Crippen molar-refractivity contribution in [1.29, 1.82) is 0 Å². The number of hydrogen-bond acceptors (Lipinski definition) is 3. The van der Waals surface area contributed by atoms with Gasteiger partial charge in [0.25, 0.3) is 0 Å². The SMILES string of the molecule is OB(O)c1cc(CN2Cc3ccccc3C2)ccc1F. The number of rotatable bonds is 3. The third-order valence-corrected chi connectivity index (χ3v) is 3.65. The Kier molecular flexibility index (Phi) is 3.57. The predicted octanol–water partition coefficient (Wildman–Crippen LogP) is 1.02. The first-order chi connectivity index (χ1) is 9.63. The van der Waals surface area contributed by atoms with Crippen LogP contribution in [-0.2, 0) is 19.6 Å². The molecule has 102 valence electrons. The summed E-state index contributed by atoms with van der Waals surface area (Å²) in [6.45, 7) is 2.39. The molecular weight excluding hydrogens is 256 g/mol. The van der Waals surface area contributed by atoms with E-state index in [0.29, 0.717) is 6.54 Å². The van der Waals surface area contributed by atoms with Gasteiger partial charge in [-0.05, 0) is 22.8 Å². The van der Waals surface area contributed by atoms with Crippen LogP contribution in [0, 0.1) is 5.82 Å². The van der Waals surface area contributed by atoms with Crippen LogP contribution < -0.4 is 5.46 Å². The molecule has 0 aromatic heterocycles. The average Bonchev–Trinajstić information content (AvgIpc) is 2.82. The van der Waals surface area contributed by atoms with Crippen molar-refractivity contribution in [3.05, 3.63) is 65.0 Å². The van der Waals surface area contributed by atoms with E-state index in [1.165, 1.54) is 23.3 Å². The van der Waals surface area contributed by atoms with Crippen molar-refractivity contribution in [3.63, 3.8) is 0 Å². The van der Waals surface area contributed by atoms with Crippen LogP contribution >= 0.6 is 0 Å². The largest absolute Gasteiger partial charge is 0.491 e. The van der Waals surface area contributed by atoms with E-state index in [1.807, 2.05) is 12.1 Å². The minimum atomic E-state index is -1.77. The zero-order valence-corrected chi connectivity index (χ0v) is 11.0. The number of nitrogens with zero attached hydrogens (tertiary/aromatic N) is 1. The van der Waals surface area contributed by atoms with Crippen LogP contribution in [0.2, 0.25) is 0 Å². The summed E-state index contributed by atoms with van der Waals surface area (Å²) in [5.41, 5.74) is 3.44. The number of benzene rings is 2. The summed E-state index contributed by atoms with van der Waals surface area (Å²) < 4.78 is 13.4. The molecule has 0 radical (unpaired) electrons. The van der Waals surface area contributed by atoms with E-state index in [2.05, 4.69) is 17.0 Å². The summed E-state index contributed by atoms with van der Waals surface area (Å²) in [5.74, 6) is -0.589. The lowest BCUT2D eigenvalue weighted by Gasteiger charge is -2.15. The van der Waals surface area contributed by atoms with Gasteiger partial charge >= 0.3 is 7.12 Å². The maximum atomic E-state index is 13.4. The molecule has 1 heterocycles. The van der Waals surface area contributed by atoms with Gasteiger partial charge in [-0.2, -0.15) is 0 Å². The minimum absolute atomic E-state index is 0.0702. The zero-order valence-electron chi connectivity index (χ0n) is 11.0. The summed E-state index contributed by atoms with van der Waals surface area (Å²) in [6, 6.07) is 12.8. The summed E-state index contributed by atoms with van der Waals surface area (Å²) in [4.78, 5) is 2.24. The molecule has 0 spiro atoms. The summed E-state index contributed by atoms with van der Waals surface area (Å²) >= 11 is 0. The maximum absolute atomic E-state index is 13.4. The quantitative estimate of drug-likeness (QED) is 0.819. The minimum Gasteiger partial charge on any atom is -0.423 e. The highest BCUT2D eigenvalue weighted by Crippen LogP contribution is 2.23. The second-order valence-corrected chi connectivity index (χ2v) is 5.14. The molecule has 20 heavy (non-hydrogen) atoms. The molecule has 0 aliphatic carbocycles. The first-order valence-corrected chi connectivity index (χ1v) is 6.57. The highest BCUT2D eigenvalue weighted by Gasteiger charge is 2.20. The lowest BCUT2D eigenvalue weighted by molar-refractivity contribution is 0.275. The summed E-state index contributed by atoms with van der Waals surface area (Å²) in [5, 5.41) is 18.3. The van der Waals surface area contributed by atoms with Crippen molar-refractivity contribution in [2.45, 2.75) is 19.6 Å². The van der Waals surface area contributed by atoms with Crippen molar-refractivity contribution < 1.29 is 14.4 Å². The van der Waals surface area contributed by atoms with Crippen molar-refractivity contribution in [2.24, 2.45) is 0 Å². The monoisotopic (exact) mass is 271 g/mol. The molecule has 0 unspecified atom stereocenters. The van der Waals surface area contributed by atoms with Crippen LogP contribution in [0.15, 0.2) is 42.5 Å². The second kappa shape index (κ2) is 5.36. The van der Waals surface area contributed by atoms with Crippen molar-refractivity contribution in [2.75, 3.05) is 0 Å². The van der Waals surface area contributed by atoms with Crippen LogP contribution in [0.4, 0.5) is 4.39 Å². The fourth-order valence-electron chi connectivity index (χ4n) is 2.66. The fourth-order valence-corrected chi connectivity index (χ4v) is 2.66. The van der Waals surface area contributed by atoms with Crippen LogP contribution in [0.25, 0.3) is 0 Å². The Morgan fingerprint density at radius 2 is 1.70 bits per heavy atom. The van der Waals surface area contributed by atoms with Gasteiger partial charge in [0.2, 0.25) is 0 Å². The average molecular weight is 271 g/mol. The fraction of sp³-hybridized carbons (Fsp3) is 0.200. The van der Waals surface area contributed by atoms with Gasteiger partial charge in [0, 0.05) is 25.1 Å². The Balaban J connectivity index is 1.75. The van der Waals surface area contributed by atoms with Gasteiger partial charge < -0.3 is 10.0 Å². The van der Waals surface area contributed by atoms with Gasteiger partial charge in [0.1, 0.15) is 5.82 Å². The Bertz CT molecular complexity index is 608. The molecule has 1 aliphatic rings. The molecule has 0 bridgehead atoms. The van der Waals surface area contributed by atoms with Gasteiger partial charge in [0.05, 0.1) is 0 Å². The molecule has 0 amide bonds. The van der Waals surface area contributed by atoms with E-state index in [0.717, 1.165) is 18.7 Å². The second-order valence-electron chi connectivity index (χ2n) is 5.14. The summed E-state index contributed by atoms with van der Waals surface area (Å²) in [6.07, 6.45) is 0. The van der Waals surface area contributed by atoms with E-state index in [1.54, 1.807) is 6.07 Å². The molecule has 1 aliphatic heterocycles. The standard InChI is InChI=1S/C15H15BFNO2/c17-15-6-5-11(7-14(15)16(19)20)8-18-9-12-3-1-2-4-13(12)10-18/h1-7,19-20H,8-10H2. The van der Waals surface area contributed by atoms with Gasteiger partial charge in [-0.1, -0.05) is 36.4 Å². The lowest BCUT2D eigenvalue weighted by Crippen LogP contribution is -2.33. The maximum Gasteiger partial charge on any atom is 0.491 e. The number of halogens is 1. The van der Waals surface area contributed by atoms with Crippen molar-refractivity contribution in [1.82, 2.24) is 4.90 Å². The summed E-state index contributed by atoms with van der Waals surface area (Å²) in [7, 11) is -1.77. The molecule has 2 N–H and O–H groups in total. The molecule has 0 fully saturated rings. The first-order valence-electron chi connectivity index (χ1n) is 6.57. The molecule has 5 heteroatoms. The Morgan fingerprint density at radius 3 is 2.30 bits per heavy atom. The molecule has 3 rings (SSSR count). The van der Waals surface area contributed by atoms with E-state index in [-0.39, 0.29) is 5.46 Å². The molecule has 2 aromatic rings. The third kappa shape index (κ3) is 2.61. The van der Waals surface area contributed by atoms with Crippen LogP contribution in [-0.4, -0.2) is 22.1 Å². The third-order valence-electron chi connectivity index (χ3n) is 3.65. The Labute approximate surface area is 117 Å². The van der Waals surface area contributed by atoms with E-state index in [4.69, 9.17) is 10.0 Å². The topological polar surface area (TPSA) is 43.7 Å².